The summed E-state index contributed by atoms with van der Waals surface area (Å²) in [7, 11) is 1.60. The zero-order valence-corrected chi connectivity index (χ0v) is 19.4. The lowest BCUT2D eigenvalue weighted by Crippen LogP contribution is -2.61. The number of anilines is 2. The van der Waals surface area contributed by atoms with E-state index in [0.29, 0.717) is 11.4 Å². The highest BCUT2D eigenvalue weighted by Gasteiger charge is 2.41. The number of benzene rings is 3. The number of aryl methyl sites for hydroxylation is 2. The van der Waals surface area contributed by atoms with Gasteiger partial charge in [-0.05, 0) is 79.4 Å². The molecule has 4 rings (SSSR count). The van der Waals surface area contributed by atoms with E-state index >= 15 is 0 Å². The van der Waals surface area contributed by atoms with Gasteiger partial charge in [0.15, 0.2) is 0 Å². The van der Waals surface area contributed by atoms with E-state index in [1.165, 1.54) is 0 Å². The van der Waals surface area contributed by atoms with Gasteiger partial charge < -0.3 is 9.64 Å². The average molecular weight is 441 g/mol. The van der Waals surface area contributed by atoms with Crippen LogP contribution >= 0.6 is 0 Å². The molecule has 1 aliphatic rings. The Morgan fingerprint density at radius 3 is 2.21 bits per heavy atom. The number of amides is 2. The summed E-state index contributed by atoms with van der Waals surface area (Å²) in [5.74, 6) is 0.432. The Morgan fingerprint density at radius 1 is 0.909 bits per heavy atom. The highest BCUT2D eigenvalue weighted by molar-refractivity contribution is 6.16. The third-order valence-corrected chi connectivity index (χ3v) is 6.10. The molecule has 5 nitrogen and oxygen atoms in total. The molecule has 0 bridgehead atoms. The van der Waals surface area contributed by atoms with Crippen molar-refractivity contribution in [1.82, 2.24) is 0 Å². The van der Waals surface area contributed by atoms with Gasteiger partial charge in [-0.1, -0.05) is 42.5 Å². The fourth-order valence-electron chi connectivity index (χ4n) is 4.13. The van der Waals surface area contributed by atoms with Crippen LogP contribution < -0.4 is 14.5 Å². The van der Waals surface area contributed by atoms with Crippen LogP contribution in [0.1, 0.15) is 23.6 Å². The number of methoxy groups -OCH3 is 1. The molecule has 1 atom stereocenters. The van der Waals surface area contributed by atoms with Crippen molar-refractivity contribution < 1.29 is 14.3 Å². The molecule has 2 amide bonds. The van der Waals surface area contributed by atoms with Crippen molar-refractivity contribution in [2.75, 3.05) is 23.5 Å². The molecule has 0 N–H and O–H groups in total. The Kier molecular flexibility index (Phi) is 6.31. The van der Waals surface area contributed by atoms with Gasteiger partial charge in [-0.2, -0.15) is 0 Å². The zero-order valence-electron chi connectivity index (χ0n) is 19.4. The summed E-state index contributed by atoms with van der Waals surface area (Å²) < 4.78 is 5.26. The van der Waals surface area contributed by atoms with E-state index in [9.17, 15) is 9.59 Å². The Bertz CT molecular complexity index is 1200. The molecule has 0 unspecified atom stereocenters. The highest BCUT2D eigenvalue weighted by atomic mass is 16.5. The van der Waals surface area contributed by atoms with E-state index in [0.717, 1.165) is 28.0 Å². The van der Waals surface area contributed by atoms with Gasteiger partial charge in [0.2, 0.25) is 5.91 Å². The highest BCUT2D eigenvalue weighted by Crippen LogP contribution is 2.31. The van der Waals surface area contributed by atoms with Gasteiger partial charge in [-0.15, -0.1) is 0 Å². The van der Waals surface area contributed by atoms with Crippen LogP contribution in [0.3, 0.4) is 0 Å². The molecule has 1 fully saturated rings. The van der Waals surface area contributed by atoms with E-state index in [-0.39, 0.29) is 18.4 Å². The molecule has 0 aromatic heterocycles. The SMILES string of the molecule is COc1ccc(N2C(=O)CN(c3ccc(C)c(C)c3)C(=O)[C@@H]2/C(C)=C\c2ccccc2)cc1. The van der Waals surface area contributed by atoms with Gasteiger partial charge in [0.05, 0.1) is 7.11 Å². The second-order valence-electron chi connectivity index (χ2n) is 8.36. The third-order valence-electron chi connectivity index (χ3n) is 6.10. The van der Waals surface area contributed by atoms with Gasteiger partial charge >= 0.3 is 0 Å². The van der Waals surface area contributed by atoms with Crippen molar-refractivity contribution in [2.24, 2.45) is 0 Å². The molecule has 3 aromatic carbocycles. The summed E-state index contributed by atoms with van der Waals surface area (Å²) in [6.45, 7) is 5.94. The monoisotopic (exact) mass is 440 g/mol. The Hall–Kier alpha value is -3.86. The predicted octanol–water partition coefficient (Wildman–Crippen LogP) is 5.16. The first-order chi connectivity index (χ1) is 15.9. The van der Waals surface area contributed by atoms with Gasteiger partial charge in [0.25, 0.3) is 5.91 Å². The molecule has 1 heterocycles. The van der Waals surface area contributed by atoms with Crippen LogP contribution in [0.5, 0.6) is 5.75 Å². The number of rotatable bonds is 5. The molecule has 0 spiro atoms. The largest absolute Gasteiger partial charge is 0.497 e. The Balaban J connectivity index is 1.79. The number of hydrogen-bond acceptors (Lipinski definition) is 3. The van der Waals surface area contributed by atoms with Crippen molar-refractivity contribution in [3.05, 3.63) is 95.1 Å². The second-order valence-corrected chi connectivity index (χ2v) is 8.36. The fourth-order valence-corrected chi connectivity index (χ4v) is 4.13. The van der Waals surface area contributed by atoms with Crippen LogP contribution in [0, 0.1) is 13.8 Å². The molecule has 1 aliphatic heterocycles. The van der Waals surface area contributed by atoms with E-state index in [2.05, 4.69) is 0 Å². The fraction of sp³-hybridized carbons (Fsp3) is 0.214. The molecular weight excluding hydrogens is 412 g/mol. The molecule has 0 aliphatic carbocycles. The average Bonchev–Trinajstić information content (AvgIpc) is 2.82. The molecule has 168 valence electrons. The lowest BCUT2D eigenvalue weighted by molar-refractivity contribution is -0.127. The number of hydrogen-bond donors (Lipinski definition) is 0. The van der Waals surface area contributed by atoms with Crippen molar-refractivity contribution in [1.29, 1.82) is 0 Å². The first-order valence-electron chi connectivity index (χ1n) is 11.0. The summed E-state index contributed by atoms with van der Waals surface area (Å²) >= 11 is 0. The van der Waals surface area contributed by atoms with Crippen molar-refractivity contribution in [2.45, 2.75) is 26.8 Å². The molecule has 5 heteroatoms. The van der Waals surface area contributed by atoms with Gasteiger partial charge in [0, 0.05) is 11.4 Å². The van der Waals surface area contributed by atoms with E-state index in [1.54, 1.807) is 29.0 Å². The molecule has 33 heavy (non-hydrogen) atoms. The van der Waals surface area contributed by atoms with Crippen molar-refractivity contribution in [3.63, 3.8) is 0 Å². The number of piperazine rings is 1. The van der Waals surface area contributed by atoms with Crippen LogP contribution in [0.25, 0.3) is 6.08 Å². The predicted molar refractivity (Wildman–Crippen MR) is 133 cm³/mol. The topological polar surface area (TPSA) is 49.9 Å². The van der Waals surface area contributed by atoms with Crippen molar-refractivity contribution in [3.8, 4) is 5.75 Å². The maximum absolute atomic E-state index is 13.9. The van der Waals surface area contributed by atoms with E-state index in [4.69, 9.17) is 4.74 Å². The lowest BCUT2D eigenvalue weighted by Gasteiger charge is -2.41. The van der Waals surface area contributed by atoms with Gasteiger partial charge in [-0.25, -0.2) is 0 Å². The molecule has 0 radical (unpaired) electrons. The Labute approximate surface area is 194 Å². The third kappa shape index (κ3) is 4.53. The smallest absolute Gasteiger partial charge is 0.254 e. The standard InChI is InChI=1S/C28H28N2O3/c1-19-10-11-24(17-20(19)2)29-18-26(31)30(23-12-14-25(33-4)15-13-23)27(28(29)32)21(3)16-22-8-6-5-7-9-22/h5-17,27H,18H2,1-4H3/b21-16-/t27-/m0/s1. The second kappa shape index (κ2) is 9.33. The van der Waals surface area contributed by atoms with E-state index in [1.807, 2.05) is 87.5 Å². The first kappa shape index (κ1) is 22.3. The zero-order chi connectivity index (χ0) is 23.5. The molecule has 1 saturated heterocycles. The summed E-state index contributed by atoms with van der Waals surface area (Å²) in [6, 6.07) is 22.2. The quantitative estimate of drug-likeness (QED) is 0.550. The minimum absolute atomic E-state index is 0.0114. The van der Waals surface area contributed by atoms with Crippen LogP contribution in [0.15, 0.2) is 78.4 Å². The minimum atomic E-state index is -0.749. The van der Waals surface area contributed by atoms with Crippen LogP contribution in [0.2, 0.25) is 0 Å². The molecule has 0 saturated carbocycles. The lowest BCUT2D eigenvalue weighted by atomic mass is 9.98. The number of carbonyl (C=O) groups excluding carboxylic acids is 2. The number of nitrogens with zero attached hydrogens (tertiary/aromatic N) is 2. The van der Waals surface area contributed by atoms with Gasteiger partial charge in [-0.3, -0.25) is 14.5 Å². The molecule has 3 aromatic rings. The normalized spacial score (nSPS) is 16.8. The maximum Gasteiger partial charge on any atom is 0.254 e. The first-order valence-corrected chi connectivity index (χ1v) is 11.0. The van der Waals surface area contributed by atoms with Crippen LogP contribution in [0.4, 0.5) is 11.4 Å². The summed E-state index contributed by atoms with van der Waals surface area (Å²) in [6.07, 6.45) is 1.97. The van der Waals surface area contributed by atoms with Gasteiger partial charge in [0.1, 0.15) is 18.3 Å². The van der Waals surface area contributed by atoms with Crippen LogP contribution in [-0.4, -0.2) is 31.5 Å². The number of ether oxygens (including phenoxy) is 1. The summed E-state index contributed by atoms with van der Waals surface area (Å²) in [5.41, 5.74) is 5.41. The molecular formula is C28H28N2O3. The number of carbonyl (C=O) groups is 2. The minimum Gasteiger partial charge on any atom is -0.497 e. The summed E-state index contributed by atoms with van der Waals surface area (Å²) in [4.78, 5) is 30.5. The van der Waals surface area contributed by atoms with E-state index < -0.39 is 6.04 Å². The Morgan fingerprint density at radius 2 is 1.58 bits per heavy atom. The summed E-state index contributed by atoms with van der Waals surface area (Å²) in [5, 5.41) is 0. The maximum atomic E-state index is 13.9. The van der Waals surface area contributed by atoms with Crippen molar-refractivity contribution >= 4 is 29.3 Å². The van der Waals surface area contributed by atoms with Crippen LogP contribution in [-0.2, 0) is 9.59 Å².